The Balaban J connectivity index is 1.51. The highest BCUT2D eigenvalue weighted by atomic mass is 16.6. The predicted molar refractivity (Wildman–Crippen MR) is 145 cm³/mol. The fraction of sp³-hybridized carbons (Fsp3) is 0.194. The van der Waals surface area contributed by atoms with Gasteiger partial charge in [-0.05, 0) is 53.3 Å². The molecular formula is C31H27N3O2. The van der Waals surface area contributed by atoms with E-state index in [9.17, 15) is 10.1 Å². The summed E-state index contributed by atoms with van der Waals surface area (Å²) in [7, 11) is 0. The zero-order valence-electron chi connectivity index (χ0n) is 20.0. The predicted octanol–water partition coefficient (Wildman–Crippen LogP) is 7.22. The first-order valence-electron chi connectivity index (χ1n) is 12.5. The largest absolute Gasteiger partial charge is 0.371 e. The minimum Gasteiger partial charge on any atom is -0.371 e. The molecule has 0 amide bonds. The van der Waals surface area contributed by atoms with Gasteiger partial charge in [-0.1, -0.05) is 72.8 Å². The van der Waals surface area contributed by atoms with Gasteiger partial charge in [-0.25, -0.2) is 0 Å². The van der Waals surface area contributed by atoms with Gasteiger partial charge in [0.25, 0.3) is 5.69 Å². The third-order valence-electron chi connectivity index (χ3n) is 7.49. The summed E-state index contributed by atoms with van der Waals surface area (Å²) in [4.78, 5) is 18.5. The van der Waals surface area contributed by atoms with E-state index in [0.29, 0.717) is 17.4 Å². The first kappa shape index (κ1) is 22.2. The summed E-state index contributed by atoms with van der Waals surface area (Å²) >= 11 is 0. The van der Waals surface area contributed by atoms with Gasteiger partial charge in [-0.2, -0.15) is 0 Å². The molecule has 5 nitrogen and oxygen atoms in total. The molecule has 0 bridgehead atoms. The normalized spacial score (nSPS) is 18.7. The summed E-state index contributed by atoms with van der Waals surface area (Å²) in [6.07, 6.45) is 3.75. The average Bonchev–Trinajstić information content (AvgIpc) is 2.93. The highest BCUT2D eigenvalue weighted by Crippen LogP contribution is 2.49. The zero-order valence-corrected chi connectivity index (χ0v) is 20.0. The maximum absolute atomic E-state index is 11.5. The van der Waals surface area contributed by atoms with E-state index in [2.05, 4.69) is 77.7 Å². The maximum Gasteiger partial charge on any atom is 0.278 e. The minimum atomic E-state index is -0.354. The molecule has 0 radical (unpaired) electrons. The lowest BCUT2D eigenvalue weighted by molar-refractivity contribution is -0.385. The molecule has 0 aromatic heterocycles. The monoisotopic (exact) mass is 473 g/mol. The van der Waals surface area contributed by atoms with Crippen LogP contribution in [0.5, 0.6) is 0 Å². The third kappa shape index (κ3) is 4.07. The zero-order chi connectivity index (χ0) is 24.5. The van der Waals surface area contributed by atoms with Crippen molar-refractivity contribution >= 4 is 23.3 Å². The topological polar surface area (TPSA) is 58.7 Å². The number of hydrogen-bond donors (Lipinski definition) is 0. The Morgan fingerprint density at radius 1 is 0.778 bits per heavy atom. The number of nitro benzene ring substituents is 1. The Bertz CT molecular complexity index is 1360. The van der Waals surface area contributed by atoms with Crippen LogP contribution in [0.4, 0.5) is 17.1 Å². The lowest BCUT2D eigenvalue weighted by Gasteiger charge is -2.43. The number of rotatable bonds is 5. The molecular weight excluding hydrogens is 446 g/mol. The summed E-state index contributed by atoms with van der Waals surface area (Å²) in [5.41, 5.74) is 8.01. The van der Waals surface area contributed by atoms with Crippen LogP contribution in [-0.2, 0) is 0 Å². The highest BCUT2D eigenvalue weighted by Gasteiger charge is 2.35. The highest BCUT2D eigenvalue weighted by molar-refractivity contribution is 5.87. The van der Waals surface area contributed by atoms with Crippen LogP contribution >= 0.6 is 0 Å². The van der Waals surface area contributed by atoms with Crippen LogP contribution in [0.15, 0.2) is 102 Å². The number of aliphatic imine (C=N–C) groups is 1. The summed E-state index contributed by atoms with van der Waals surface area (Å²) in [5.74, 6) is 0.596. The van der Waals surface area contributed by atoms with E-state index in [0.717, 1.165) is 31.6 Å². The van der Waals surface area contributed by atoms with Crippen LogP contribution < -0.4 is 4.90 Å². The van der Waals surface area contributed by atoms with E-state index in [4.69, 9.17) is 4.99 Å². The molecule has 0 saturated heterocycles. The molecule has 178 valence electrons. The molecule has 2 atom stereocenters. The van der Waals surface area contributed by atoms with Gasteiger partial charge in [-0.3, -0.25) is 15.1 Å². The van der Waals surface area contributed by atoms with Gasteiger partial charge < -0.3 is 4.90 Å². The fourth-order valence-electron chi connectivity index (χ4n) is 5.82. The van der Waals surface area contributed by atoms with E-state index >= 15 is 0 Å². The molecule has 0 saturated carbocycles. The molecule has 0 aliphatic carbocycles. The lowest BCUT2D eigenvalue weighted by Crippen LogP contribution is -2.37. The van der Waals surface area contributed by atoms with Gasteiger partial charge in [0.05, 0.1) is 16.2 Å². The Hall–Kier alpha value is -4.25. The Morgan fingerprint density at radius 3 is 1.86 bits per heavy atom. The van der Waals surface area contributed by atoms with Crippen LogP contribution in [0.2, 0.25) is 0 Å². The molecule has 2 aliphatic heterocycles. The Kier molecular flexibility index (Phi) is 5.82. The van der Waals surface area contributed by atoms with Crippen LogP contribution in [0, 0.1) is 10.1 Å². The molecule has 5 heteroatoms. The number of para-hydroxylation sites is 1. The van der Waals surface area contributed by atoms with E-state index < -0.39 is 0 Å². The first-order valence-corrected chi connectivity index (χ1v) is 12.5. The molecule has 2 heterocycles. The van der Waals surface area contributed by atoms with Gasteiger partial charge in [0.15, 0.2) is 0 Å². The van der Waals surface area contributed by atoms with Gasteiger partial charge in [0.2, 0.25) is 0 Å². The lowest BCUT2D eigenvalue weighted by atomic mass is 9.76. The summed E-state index contributed by atoms with van der Waals surface area (Å²) < 4.78 is 0. The summed E-state index contributed by atoms with van der Waals surface area (Å²) in [6.45, 7) is 2.08. The van der Waals surface area contributed by atoms with Gasteiger partial charge in [0.1, 0.15) is 0 Å². The fourth-order valence-corrected chi connectivity index (χ4v) is 5.82. The van der Waals surface area contributed by atoms with Crippen LogP contribution in [0.1, 0.15) is 52.5 Å². The first-order chi connectivity index (χ1) is 17.7. The Morgan fingerprint density at radius 2 is 1.31 bits per heavy atom. The van der Waals surface area contributed by atoms with E-state index in [1.165, 1.54) is 34.0 Å². The third-order valence-corrected chi connectivity index (χ3v) is 7.49. The molecule has 4 aromatic carbocycles. The average molecular weight is 474 g/mol. The summed E-state index contributed by atoms with van der Waals surface area (Å²) in [6, 6.07) is 32.6. The number of benzene rings is 4. The molecule has 0 fully saturated rings. The second kappa shape index (κ2) is 9.42. The van der Waals surface area contributed by atoms with Crippen molar-refractivity contribution in [3.05, 3.63) is 135 Å². The van der Waals surface area contributed by atoms with Crippen LogP contribution in [-0.4, -0.2) is 24.2 Å². The van der Waals surface area contributed by atoms with Crippen molar-refractivity contribution in [2.24, 2.45) is 4.99 Å². The smallest absolute Gasteiger partial charge is 0.278 e. The van der Waals surface area contributed by atoms with Crippen LogP contribution in [0.25, 0.3) is 0 Å². The molecule has 6 rings (SSSR count). The van der Waals surface area contributed by atoms with Crippen molar-refractivity contribution in [3.8, 4) is 0 Å². The van der Waals surface area contributed by atoms with Crippen molar-refractivity contribution in [2.75, 3.05) is 18.0 Å². The second-order valence-electron chi connectivity index (χ2n) is 9.54. The van der Waals surface area contributed by atoms with E-state index in [1.54, 1.807) is 24.4 Å². The summed E-state index contributed by atoms with van der Waals surface area (Å²) in [5, 5.41) is 11.5. The molecule has 4 aromatic rings. The van der Waals surface area contributed by atoms with Crippen molar-refractivity contribution in [1.29, 1.82) is 0 Å². The number of hydrogen-bond acceptors (Lipinski definition) is 4. The van der Waals surface area contributed by atoms with Gasteiger partial charge in [-0.15, -0.1) is 0 Å². The quantitative estimate of drug-likeness (QED) is 0.175. The molecule has 0 unspecified atom stereocenters. The van der Waals surface area contributed by atoms with Crippen molar-refractivity contribution in [1.82, 2.24) is 0 Å². The molecule has 0 spiro atoms. The number of nitro groups is 1. The SMILES string of the molecule is O=[N+]([O-])c1ccccc1C=Nc1cc2c3c(c1)[C@@H](c1ccccc1)CCN3CC[C@@H]2c1ccccc1. The number of nitrogens with zero attached hydrogens (tertiary/aromatic N) is 3. The van der Waals surface area contributed by atoms with E-state index in [1.807, 2.05) is 0 Å². The van der Waals surface area contributed by atoms with Crippen molar-refractivity contribution in [3.63, 3.8) is 0 Å². The maximum atomic E-state index is 11.5. The van der Waals surface area contributed by atoms with E-state index in [-0.39, 0.29) is 10.6 Å². The van der Waals surface area contributed by atoms with Crippen molar-refractivity contribution < 1.29 is 4.92 Å². The molecule has 2 aliphatic rings. The van der Waals surface area contributed by atoms with Crippen molar-refractivity contribution in [2.45, 2.75) is 24.7 Å². The number of anilines is 1. The van der Waals surface area contributed by atoms with Crippen LogP contribution in [0.3, 0.4) is 0 Å². The van der Waals surface area contributed by atoms with Gasteiger partial charge >= 0.3 is 0 Å². The second-order valence-corrected chi connectivity index (χ2v) is 9.54. The minimum absolute atomic E-state index is 0.0658. The molecule has 36 heavy (non-hydrogen) atoms. The Labute approximate surface area is 210 Å². The standard InChI is InChI=1S/C31H27N3O2/c35-34(36)30-14-8-7-13-24(30)21-32-25-19-28-26(22-9-3-1-4-10-22)15-17-33-18-16-27(29(20-25)31(28)33)23-11-5-2-6-12-23/h1-14,19-21,26-27H,15-18H2/t26-,27-/m1/s1. The van der Waals surface area contributed by atoms with Gasteiger partial charge in [0, 0.05) is 42.9 Å². The molecule has 0 N–H and O–H groups in total.